The first-order chi connectivity index (χ1) is 9.06. The number of nitrogens with one attached hydrogen (secondary N) is 1. The lowest BCUT2D eigenvalue weighted by atomic mass is 10.1. The van der Waals surface area contributed by atoms with E-state index in [9.17, 15) is 0 Å². The lowest BCUT2D eigenvalue weighted by Gasteiger charge is -2.38. The smallest absolute Gasteiger partial charge is 0.0345 e. The summed E-state index contributed by atoms with van der Waals surface area (Å²) in [5, 5.41) is 3.67. The van der Waals surface area contributed by atoms with Crippen LogP contribution >= 0.6 is 0 Å². The molecule has 1 aromatic carbocycles. The maximum atomic E-state index is 3.67. The van der Waals surface area contributed by atoms with E-state index in [1.54, 1.807) is 0 Å². The average molecular weight is 261 g/mol. The van der Waals surface area contributed by atoms with Crippen LogP contribution < -0.4 is 5.32 Å². The molecule has 19 heavy (non-hydrogen) atoms. The fourth-order valence-corrected chi connectivity index (χ4v) is 2.61. The molecule has 0 radical (unpaired) electrons. The number of nitrogens with zero attached hydrogens (tertiary/aromatic N) is 2. The van der Waals surface area contributed by atoms with E-state index in [2.05, 4.69) is 67.3 Å². The fourth-order valence-electron chi connectivity index (χ4n) is 2.61. The van der Waals surface area contributed by atoms with Crippen LogP contribution in [0.1, 0.15) is 24.1 Å². The highest BCUT2D eigenvalue weighted by Gasteiger charge is 2.22. The molecular formula is C16H27N3. The Hall–Kier alpha value is -0.900. The predicted octanol–water partition coefficient (Wildman–Crippen LogP) is 1.89. The van der Waals surface area contributed by atoms with E-state index >= 15 is 0 Å². The number of hydrogen-bond donors (Lipinski definition) is 1. The Morgan fingerprint density at radius 1 is 1.21 bits per heavy atom. The summed E-state index contributed by atoms with van der Waals surface area (Å²) in [6, 6.07) is 9.86. The van der Waals surface area contributed by atoms with E-state index in [0.717, 1.165) is 13.1 Å². The van der Waals surface area contributed by atoms with Crippen LogP contribution in [0.5, 0.6) is 0 Å². The number of piperazine rings is 1. The number of benzene rings is 1. The molecule has 2 atom stereocenters. The number of aryl methyl sites for hydroxylation is 1. The van der Waals surface area contributed by atoms with Crippen molar-refractivity contribution in [3.8, 4) is 0 Å². The highest BCUT2D eigenvalue weighted by molar-refractivity contribution is 5.23. The SMILES string of the molecule is Cc1ccc(C(C)NCC2CN(C)CCN2C)cc1. The van der Waals surface area contributed by atoms with Gasteiger partial charge in [-0.3, -0.25) is 4.90 Å². The zero-order chi connectivity index (χ0) is 13.8. The van der Waals surface area contributed by atoms with Gasteiger partial charge >= 0.3 is 0 Å². The summed E-state index contributed by atoms with van der Waals surface area (Å²) < 4.78 is 0. The molecule has 1 aliphatic heterocycles. The van der Waals surface area contributed by atoms with E-state index in [-0.39, 0.29) is 0 Å². The maximum Gasteiger partial charge on any atom is 0.0345 e. The van der Waals surface area contributed by atoms with Crippen molar-refractivity contribution in [3.05, 3.63) is 35.4 Å². The molecule has 1 heterocycles. The zero-order valence-electron chi connectivity index (χ0n) is 12.7. The molecule has 3 heteroatoms. The van der Waals surface area contributed by atoms with Gasteiger partial charge in [0.05, 0.1) is 0 Å². The van der Waals surface area contributed by atoms with E-state index in [1.807, 2.05) is 0 Å². The van der Waals surface area contributed by atoms with Crippen LogP contribution in [0.25, 0.3) is 0 Å². The molecule has 0 bridgehead atoms. The van der Waals surface area contributed by atoms with Crippen LogP contribution in [-0.4, -0.2) is 56.1 Å². The molecule has 0 saturated carbocycles. The van der Waals surface area contributed by atoms with Crippen LogP contribution in [0.4, 0.5) is 0 Å². The Labute approximate surface area is 117 Å². The van der Waals surface area contributed by atoms with Gasteiger partial charge in [0.15, 0.2) is 0 Å². The van der Waals surface area contributed by atoms with Crippen molar-refractivity contribution in [2.75, 3.05) is 40.3 Å². The lowest BCUT2D eigenvalue weighted by Crippen LogP contribution is -2.53. The standard InChI is InChI=1S/C16H27N3/c1-13-5-7-15(8-6-13)14(2)17-11-16-12-18(3)9-10-19(16)4/h5-8,14,16-17H,9-12H2,1-4H3. The Morgan fingerprint density at radius 2 is 1.89 bits per heavy atom. The second-order valence-corrected chi connectivity index (χ2v) is 5.94. The third kappa shape index (κ3) is 4.03. The topological polar surface area (TPSA) is 18.5 Å². The third-order valence-electron chi connectivity index (χ3n) is 4.22. The summed E-state index contributed by atoms with van der Waals surface area (Å²) in [5.74, 6) is 0. The summed E-state index contributed by atoms with van der Waals surface area (Å²) in [6.45, 7) is 8.94. The van der Waals surface area contributed by atoms with Crippen LogP contribution in [0.3, 0.4) is 0 Å². The first-order valence-electron chi connectivity index (χ1n) is 7.25. The molecule has 0 amide bonds. The summed E-state index contributed by atoms with van der Waals surface area (Å²) in [7, 11) is 4.44. The first-order valence-corrected chi connectivity index (χ1v) is 7.25. The number of likely N-dealkylation sites (N-methyl/N-ethyl adjacent to an activating group) is 2. The number of hydrogen-bond acceptors (Lipinski definition) is 3. The minimum absolute atomic E-state index is 0.418. The molecule has 2 unspecified atom stereocenters. The van der Waals surface area contributed by atoms with Crippen molar-refractivity contribution in [1.82, 2.24) is 15.1 Å². The second kappa shape index (κ2) is 6.51. The molecule has 1 fully saturated rings. The van der Waals surface area contributed by atoms with Gasteiger partial charge in [-0.15, -0.1) is 0 Å². The quantitative estimate of drug-likeness (QED) is 0.893. The minimum atomic E-state index is 0.418. The van der Waals surface area contributed by atoms with Crippen molar-refractivity contribution >= 4 is 0 Å². The Bertz CT molecular complexity index is 387. The van der Waals surface area contributed by atoms with Crippen molar-refractivity contribution in [1.29, 1.82) is 0 Å². The predicted molar refractivity (Wildman–Crippen MR) is 81.5 cm³/mol. The van der Waals surface area contributed by atoms with Crippen molar-refractivity contribution in [2.45, 2.75) is 25.9 Å². The number of rotatable bonds is 4. The van der Waals surface area contributed by atoms with Crippen molar-refractivity contribution < 1.29 is 0 Å². The lowest BCUT2D eigenvalue weighted by molar-refractivity contribution is 0.112. The van der Waals surface area contributed by atoms with Crippen LogP contribution in [0.15, 0.2) is 24.3 Å². The largest absolute Gasteiger partial charge is 0.309 e. The first kappa shape index (κ1) is 14.5. The van der Waals surface area contributed by atoms with Crippen LogP contribution in [-0.2, 0) is 0 Å². The van der Waals surface area contributed by atoms with Gasteiger partial charge in [0.25, 0.3) is 0 Å². The van der Waals surface area contributed by atoms with E-state index < -0.39 is 0 Å². The summed E-state index contributed by atoms with van der Waals surface area (Å²) in [6.07, 6.45) is 0. The van der Waals surface area contributed by atoms with Crippen molar-refractivity contribution in [3.63, 3.8) is 0 Å². The summed E-state index contributed by atoms with van der Waals surface area (Å²) in [4.78, 5) is 4.89. The summed E-state index contributed by atoms with van der Waals surface area (Å²) in [5.41, 5.74) is 2.70. The molecule has 1 aliphatic rings. The van der Waals surface area contributed by atoms with Gasteiger partial charge < -0.3 is 10.2 Å². The highest BCUT2D eigenvalue weighted by Crippen LogP contribution is 2.14. The van der Waals surface area contributed by atoms with E-state index in [0.29, 0.717) is 12.1 Å². The molecule has 1 N–H and O–H groups in total. The third-order valence-corrected chi connectivity index (χ3v) is 4.22. The normalized spacial score (nSPS) is 23.5. The molecule has 0 aliphatic carbocycles. The Balaban J connectivity index is 1.85. The van der Waals surface area contributed by atoms with Crippen LogP contribution in [0, 0.1) is 6.92 Å². The molecule has 2 rings (SSSR count). The zero-order valence-corrected chi connectivity index (χ0v) is 12.7. The Kier molecular flexibility index (Phi) is 4.97. The van der Waals surface area contributed by atoms with Gasteiger partial charge in [-0.2, -0.15) is 0 Å². The monoisotopic (exact) mass is 261 g/mol. The molecule has 3 nitrogen and oxygen atoms in total. The molecule has 0 aromatic heterocycles. The molecule has 0 spiro atoms. The van der Waals surface area contributed by atoms with Gasteiger partial charge in [0.1, 0.15) is 0 Å². The van der Waals surface area contributed by atoms with Crippen LogP contribution in [0.2, 0.25) is 0 Å². The highest BCUT2D eigenvalue weighted by atomic mass is 15.3. The van der Waals surface area contributed by atoms with E-state index in [1.165, 1.54) is 24.2 Å². The van der Waals surface area contributed by atoms with Gasteiger partial charge in [-0.05, 0) is 33.5 Å². The van der Waals surface area contributed by atoms with Gasteiger partial charge in [0, 0.05) is 38.3 Å². The van der Waals surface area contributed by atoms with E-state index in [4.69, 9.17) is 0 Å². The molecule has 1 saturated heterocycles. The van der Waals surface area contributed by atoms with Crippen molar-refractivity contribution in [2.24, 2.45) is 0 Å². The second-order valence-electron chi connectivity index (χ2n) is 5.94. The average Bonchev–Trinajstić information content (AvgIpc) is 2.40. The molecular weight excluding hydrogens is 234 g/mol. The summed E-state index contributed by atoms with van der Waals surface area (Å²) >= 11 is 0. The molecule has 106 valence electrons. The Morgan fingerprint density at radius 3 is 2.58 bits per heavy atom. The maximum absolute atomic E-state index is 3.67. The molecule has 1 aromatic rings. The minimum Gasteiger partial charge on any atom is -0.309 e. The van der Waals surface area contributed by atoms with Gasteiger partial charge in [-0.1, -0.05) is 29.8 Å². The van der Waals surface area contributed by atoms with Gasteiger partial charge in [-0.25, -0.2) is 0 Å². The fraction of sp³-hybridized carbons (Fsp3) is 0.625. The van der Waals surface area contributed by atoms with Gasteiger partial charge in [0.2, 0.25) is 0 Å².